The fraction of sp³-hybridized carbons (Fsp3) is 0.636. The summed E-state index contributed by atoms with van der Waals surface area (Å²) in [6.45, 7) is 2.70. The summed E-state index contributed by atoms with van der Waals surface area (Å²) in [6, 6.07) is 0.1000. The van der Waals surface area contributed by atoms with Gasteiger partial charge in [0.25, 0.3) is 0 Å². The second-order valence-corrected chi connectivity index (χ2v) is 4.53. The Morgan fingerprint density at radius 2 is 2.19 bits per heavy atom. The molecular weight excluding hydrogens is 226 g/mol. The molecule has 88 valence electrons. The van der Waals surface area contributed by atoms with E-state index >= 15 is 0 Å². The fourth-order valence-corrected chi connectivity index (χ4v) is 2.44. The van der Waals surface area contributed by atoms with Crippen LogP contribution in [0.4, 0.5) is 5.82 Å². The third-order valence-electron chi connectivity index (χ3n) is 3.01. The maximum Gasteiger partial charge on any atom is 0.171 e. The molecule has 5 heteroatoms. The lowest BCUT2D eigenvalue weighted by Crippen LogP contribution is -2.46. The Hall–Kier alpha value is -0.870. The first-order valence-corrected chi connectivity index (χ1v) is 5.99. The highest BCUT2D eigenvalue weighted by Gasteiger charge is 2.28. The molecule has 2 rings (SSSR count). The molecule has 0 aliphatic carbocycles. The summed E-state index contributed by atoms with van der Waals surface area (Å²) in [7, 11) is 0. The molecule has 0 saturated carbocycles. The van der Waals surface area contributed by atoms with Crippen LogP contribution in [0.2, 0.25) is 5.15 Å². The van der Waals surface area contributed by atoms with Crippen molar-refractivity contribution in [1.29, 1.82) is 0 Å². The summed E-state index contributed by atoms with van der Waals surface area (Å²) in [4.78, 5) is 10.4. The molecule has 4 nitrogen and oxygen atoms in total. The van der Waals surface area contributed by atoms with Crippen LogP contribution < -0.4 is 4.90 Å². The number of aromatic nitrogens is 2. The molecule has 1 fully saturated rings. The maximum absolute atomic E-state index is 9.77. The van der Waals surface area contributed by atoms with Gasteiger partial charge in [0.2, 0.25) is 0 Å². The highest BCUT2D eigenvalue weighted by molar-refractivity contribution is 6.31. The van der Waals surface area contributed by atoms with Gasteiger partial charge in [0.15, 0.2) is 11.0 Å². The van der Waals surface area contributed by atoms with Crippen molar-refractivity contribution in [3.8, 4) is 0 Å². The molecule has 1 aliphatic rings. The van der Waals surface area contributed by atoms with E-state index in [1.165, 1.54) is 0 Å². The van der Waals surface area contributed by atoms with Gasteiger partial charge in [-0.2, -0.15) is 0 Å². The summed E-state index contributed by atoms with van der Waals surface area (Å²) >= 11 is 6.03. The number of aliphatic hydroxyl groups is 1. The van der Waals surface area contributed by atoms with Crippen LogP contribution in [-0.2, 0) is 0 Å². The molecule has 1 saturated heterocycles. The molecule has 16 heavy (non-hydrogen) atoms. The molecule has 2 atom stereocenters. The Labute approximate surface area is 100 Å². The van der Waals surface area contributed by atoms with Gasteiger partial charge in [0, 0.05) is 18.9 Å². The maximum atomic E-state index is 9.77. The van der Waals surface area contributed by atoms with Crippen LogP contribution in [0.3, 0.4) is 0 Å². The normalized spacial score (nSPS) is 23.2. The van der Waals surface area contributed by atoms with Gasteiger partial charge in [-0.15, -0.1) is 0 Å². The summed E-state index contributed by atoms with van der Waals surface area (Å²) in [6.07, 6.45) is 6.06. The predicted octanol–water partition coefficient (Wildman–Crippen LogP) is 1.87. The standard InChI is InChI=1S/C11H16ClN3O/c1-8(16)9-4-2-3-7-15(9)11-10(12)13-5-6-14-11/h5-6,8-9,16H,2-4,7H2,1H3/t8-,9+/m0/s1. The van der Waals surface area contributed by atoms with E-state index in [9.17, 15) is 5.11 Å². The van der Waals surface area contributed by atoms with Crippen molar-refractivity contribution in [3.63, 3.8) is 0 Å². The number of halogens is 1. The first-order valence-electron chi connectivity index (χ1n) is 5.61. The number of piperidine rings is 1. The third kappa shape index (κ3) is 2.28. The summed E-state index contributed by atoms with van der Waals surface area (Å²) in [5.74, 6) is 0.690. The topological polar surface area (TPSA) is 49.2 Å². The number of aliphatic hydroxyl groups excluding tert-OH is 1. The van der Waals surface area contributed by atoms with Crippen molar-refractivity contribution >= 4 is 17.4 Å². The molecular formula is C11H16ClN3O. The van der Waals surface area contributed by atoms with Crippen LogP contribution in [-0.4, -0.2) is 33.8 Å². The van der Waals surface area contributed by atoms with Crippen LogP contribution >= 0.6 is 11.6 Å². The van der Waals surface area contributed by atoms with Gasteiger partial charge < -0.3 is 10.0 Å². The van der Waals surface area contributed by atoms with Crippen molar-refractivity contribution in [2.24, 2.45) is 0 Å². The number of nitrogens with zero attached hydrogens (tertiary/aromatic N) is 3. The Balaban J connectivity index is 2.27. The minimum Gasteiger partial charge on any atom is -0.391 e. The number of hydrogen-bond donors (Lipinski definition) is 1. The van der Waals surface area contributed by atoms with Crippen LogP contribution in [0.25, 0.3) is 0 Å². The lowest BCUT2D eigenvalue weighted by Gasteiger charge is -2.38. The highest BCUT2D eigenvalue weighted by Crippen LogP contribution is 2.28. The zero-order valence-corrected chi connectivity index (χ0v) is 10.1. The van der Waals surface area contributed by atoms with E-state index in [2.05, 4.69) is 14.9 Å². The Bertz CT molecular complexity index is 359. The first kappa shape index (κ1) is 11.6. The first-order chi connectivity index (χ1) is 7.70. The van der Waals surface area contributed by atoms with Crippen molar-refractivity contribution in [2.75, 3.05) is 11.4 Å². The zero-order valence-electron chi connectivity index (χ0n) is 9.30. The van der Waals surface area contributed by atoms with E-state index in [0.29, 0.717) is 11.0 Å². The Kier molecular flexibility index (Phi) is 3.61. The monoisotopic (exact) mass is 241 g/mol. The molecule has 1 aromatic heterocycles. The smallest absolute Gasteiger partial charge is 0.171 e. The van der Waals surface area contributed by atoms with Crippen molar-refractivity contribution in [2.45, 2.75) is 38.3 Å². The third-order valence-corrected chi connectivity index (χ3v) is 3.28. The predicted molar refractivity (Wildman–Crippen MR) is 63.7 cm³/mol. The molecule has 0 radical (unpaired) electrons. The van der Waals surface area contributed by atoms with E-state index in [1.54, 1.807) is 12.4 Å². The van der Waals surface area contributed by atoms with Crippen LogP contribution in [0.15, 0.2) is 12.4 Å². The minimum absolute atomic E-state index is 0.1000. The van der Waals surface area contributed by atoms with Gasteiger partial charge in [-0.05, 0) is 26.2 Å². The van der Waals surface area contributed by atoms with Gasteiger partial charge in [-0.1, -0.05) is 11.6 Å². The van der Waals surface area contributed by atoms with Gasteiger partial charge in [0.1, 0.15) is 0 Å². The lowest BCUT2D eigenvalue weighted by molar-refractivity contribution is 0.145. The summed E-state index contributed by atoms with van der Waals surface area (Å²) in [5, 5.41) is 10.2. The zero-order chi connectivity index (χ0) is 11.5. The Morgan fingerprint density at radius 3 is 2.88 bits per heavy atom. The molecule has 2 heterocycles. The number of anilines is 1. The van der Waals surface area contributed by atoms with Crippen molar-refractivity contribution < 1.29 is 5.11 Å². The van der Waals surface area contributed by atoms with Crippen LogP contribution in [0.1, 0.15) is 26.2 Å². The van der Waals surface area contributed by atoms with E-state index in [1.807, 2.05) is 6.92 Å². The Morgan fingerprint density at radius 1 is 1.44 bits per heavy atom. The van der Waals surface area contributed by atoms with E-state index in [0.717, 1.165) is 25.8 Å². The molecule has 0 unspecified atom stereocenters. The summed E-state index contributed by atoms with van der Waals surface area (Å²) in [5.41, 5.74) is 0. The molecule has 1 N–H and O–H groups in total. The van der Waals surface area contributed by atoms with Crippen LogP contribution in [0.5, 0.6) is 0 Å². The minimum atomic E-state index is -0.377. The van der Waals surface area contributed by atoms with E-state index in [-0.39, 0.29) is 12.1 Å². The van der Waals surface area contributed by atoms with E-state index in [4.69, 9.17) is 11.6 Å². The lowest BCUT2D eigenvalue weighted by atomic mass is 9.98. The summed E-state index contributed by atoms with van der Waals surface area (Å²) < 4.78 is 0. The average molecular weight is 242 g/mol. The average Bonchev–Trinajstić information content (AvgIpc) is 2.29. The quantitative estimate of drug-likeness (QED) is 0.859. The SMILES string of the molecule is C[C@H](O)[C@H]1CCCCN1c1nccnc1Cl. The van der Waals surface area contributed by atoms with E-state index < -0.39 is 0 Å². The molecule has 0 aromatic carbocycles. The van der Waals surface area contributed by atoms with Gasteiger partial charge in [-0.25, -0.2) is 9.97 Å². The molecule has 0 bridgehead atoms. The highest BCUT2D eigenvalue weighted by atomic mass is 35.5. The van der Waals surface area contributed by atoms with Gasteiger partial charge in [-0.3, -0.25) is 0 Å². The molecule has 0 amide bonds. The van der Waals surface area contributed by atoms with Crippen molar-refractivity contribution in [1.82, 2.24) is 9.97 Å². The van der Waals surface area contributed by atoms with Crippen molar-refractivity contribution in [3.05, 3.63) is 17.5 Å². The van der Waals surface area contributed by atoms with Crippen LogP contribution in [0, 0.1) is 0 Å². The molecule has 0 spiro atoms. The fourth-order valence-electron chi connectivity index (χ4n) is 2.23. The number of hydrogen-bond acceptors (Lipinski definition) is 4. The number of rotatable bonds is 2. The van der Waals surface area contributed by atoms with Gasteiger partial charge >= 0.3 is 0 Å². The largest absolute Gasteiger partial charge is 0.391 e. The second kappa shape index (κ2) is 4.97. The second-order valence-electron chi connectivity index (χ2n) is 4.17. The molecule has 1 aliphatic heterocycles. The van der Waals surface area contributed by atoms with Gasteiger partial charge in [0.05, 0.1) is 12.1 Å². The molecule has 1 aromatic rings.